The number of hydrogen-bond acceptors (Lipinski definition) is 5. The van der Waals surface area contributed by atoms with E-state index in [0.717, 1.165) is 0 Å². The van der Waals surface area contributed by atoms with Gasteiger partial charge in [0.1, 0.15) is 11.8 Å². The summed E-state index contributed by atoms with van der Waals surface area (Å²) in [4.78, 5) is 22.9. The van der Waals surface area contributed by atoms with E-state index in [1.54, 1.807) is 0 Å². The molecule has 1 amide bonds. The van der Waals surface area contributed by atoms with Gasteiger partial charge in [-0.2, -0.15) is 20.5 Å². The molecule has 0 aliphatic carbocycles. The normalized spacial score (nSPS) is 12.4. The van der Waals surface area contributed by atoms with Crippen LogP contribution in [0.25, 0.3) is 0 Å². The summed E-state index contributed by atoms with van der Waals surface area (Å²) in [6.45, 7) is 0. The fourth-order valence-electron chi connectivity index (χ4n) is 1.45. The maximum absolute atomic E-state index is 12.0. The second-order valence-corrected chi connectivity index (χ2v) is 5.95. The van der Waals surface area contributed by atoms with E-state index >= 15 is 0 Å². The van der Waals surface area contributed by atoms with Crippen LogP contribution >= 0.6 is 23.5 Å². The molecule has 0 bridgehead atoms. The van der Waals surface area contributed by atoms with Gasteiger partial charge in [-0.3, -0.25) is 4.79 Å². The predicted molar refractivity (Wildman–Crippen MR) is 77.9 cm³/mol. The number of aliphatic carboxylic acids is 1. The summed E-state index contributed by atoms with van der Waals surface area (Å²) in [5.41, 5.74) is 0. The lowest BCUT2D eigenvalue weighted by molar-refractivity contribution is -0.139. The van der Waals surface area contributed by atoms with Crippen molar-refractivity contribution in [1.82, 2.24) is 5.32 Å². The Bertz CT molecular complexity index is 482. The Hall–Kier alpha value is -1.22. The van der Waals surface area contributed by atoms with Crippen molar-refractivity contribution in [3.05, 3.63) is 23.7 Å². The number of thioether (sulfide) groups is 2. The first-order valence-corrected chi connectivity index (χ1v) is 8.39. The number of amides is 1. The number of halogens is 2. The molecule has 0 unspecified atom stereocenters. The molecule has 1 aromatic heterocycles. The van der Waals surface area contributed by atoms with Gasteiger partial charge >= 0.3 is 5.97 Å². The summed E-state index contributed by atoms with van der Waals surface area (Å²) in [6, 6.07) is 1.75. The van der Waals surface area contributed by atoms with Crippen LogP contribution < -0.4 is 5.32 Å². The fourth-order valence-corrected chi connectivity index (χ4v) is 2.36. The van der Waals surface area contributed by atoms with Gasteiger partial charge in [-0.15, -0.1) is 0 Å². The predicted octanol–water partition coefficient (Wildman–Crippen LogP) is 2.67. The van der Waals surface area contributed by atoms with Crippen LogP contribution in [0, 0.1) is 0 Å². The van der Waals surface area contributed by atoms with Gasteiger partial charge in [0.05, 0.1) is 5.75 Å². The van der Waals surface area contributed by atoms with E-state index in [0.29, 0.717) is 17.5 Å². The van der Waals surface area contributed by atoms with Gasteiger partial charge in [0.2, 0.25) is 0 Å². The molecule has 0 saturated carbocycles. The number of nitrogens with one attached hydrogen (secondary N) is 1. The number of carboxylic acid groups (broad SMARTS) is 1. The molecule has 5 nitrogen and oxygen atoms in total. The Balaban J connectivity index is 2.59. The van der Waals surface area contributed by atoms with Crippen molar-refractivity contribution < 1.29 is 27.9 Å². The average molecular weight is 339 g/mol. The van der Waals surface area contributed by atoms with Crippen LogP contribution in [0.2, 0.25) is 0 Å². The van der Waals surface area contributed by atoms with Crippen molar-refractivity contribution in [2.24, 2.45) is 0 Å². The first kappa shape index (κ1) is 17.8. The molecule has 0 aliphatic rings. The highest BCUT2D eigenvalue weighted by atomic mass is 32.2. The van der Waals surface area contributed by atoms with Crippen molar-refractivity contribution in [2.45, 2.75) is 24.0 Å². The molecule has 0 aromatic carbocycles. The molecule has 118 valence electrons. The molecule has 2 N–H and O–H groups in total. The largest absolute Gasteiger partial charge is 0.480 e. The molecule has 1 aromatic rings. The minimum Gasteiger partial charge on any atom is -0.480 e. The van der Waals surface area contributed by atoms with Gasteiger partial charge in [-0.25, -0.2) is 4.79 Å². The van der Waals surface area contributed by atoms with Gasteiger partial charge in [0.15, 0.2) is 5.76 Å². The zero-order valence-corrected chi connectivity index (χ0v) is 12.8. The maximum Gasteiger partial charge on any atom is 0.326 e. The highest BCUT2D eigenvalue weighted by Gasteiger charge is 2.22. The number of carbonyl (C=O) groups is 2. The molecule has 0 saturated heterocycles. The van der Waals surface area contributed by atoms with Crippen molar-refractivity contribution >= 4 is 35.4 Å². The molecule has 1 atom stereocenters. The first-order chi connectivity index (χ1) is 9.93. The maximum atomic E-state index is 12.0. The van der Waals surface area contributed by atoms with Gasteiger partial charge in [0, 0.05) is 0 Å². The summed E-state index contributed by atoms with van der Waals surface area (Å²) in [5.74, 6) is -3.63. The van der Waals surface area contributed by atoms with Crippen molar-refractivity contribution in [2.75, 3.05) is 12.0 Å². The van der Waals surface area contributed by atoms with Crippen molar-refractivity contribution in [3.63, 3.8) is 0 Å². The van der Waals surface area contributed by atoms with E-state index in [1.165, 1.54) is 23.9 Å². The van der Waals surface area contributed by atoms with Crippen LogP contribution in [-0.2, 0) is 10.5 Å². The van der Waals surface area contributed by atoms with Crippen LogP contribution in [0.4, 0.5) is 8.78 Å². The monoisotopic (exact) mass is 339 g/mol. The molecule has 9 heteroatoms. The van der Waals surface area contributed by atoms with Gasteiger partial charge in [-0.1, -0.05) is 11.8 Å². The van der Waals surface area contributed by atoms with Crippen molar-refractivity contribution in [1.29, 1.82) is 0 Å². The zero-order chi connectivity index (χ0) is 15.8. The molecule has 1 rings (SSSR count). The third-order valence-corrected chi connectivity index (χ3v) is 3.80. The van der Waals surface area contributed by atoms with E-state index in [9.17, 15) is 18.4 Å². The van der Waals surface area contributed by atoms with E-state index in [-0.39, 0.29) is 23.7 Å². The SMILES string of the molecule is CSCC[C@@H](NC(=O)c1ccc(CSC(F)F)o1)C(=O)O. The standard InChI is InChI=1S/C12H15F2NO4S2/c1-20-5-4-8(11(17)18)15-10(16)9-3-2-7(19-9)6-21-12(13)14/h2-3,8,12H,4-6H2,1H3,(H,15,16)(H,17,18)/t8-/m1/s1. The third kappa shape index (κ3) is 6.38. The lowest BCUT2D eigenvalue weighted by Gasteiger charge is -2.12. The number of hydrogen-bond donors (Lipinski definition) is 2. The highest BCUT2D eigenvalue weighted by Crippen LogP contribution is 2.21. The van der Waals surface area contributed by atoms with E-state index in [2.05, 4.69) is 5.32 Å². The van der Waals surface area contributed by atoms with Crippen LogP contribution in [0.3, 0.4) is 0 Å². The average Bonchev–Trinajstić information content (AvgIpc) is 2.89. The van der Waals surface area contributed by atoms with Crippen LogP contribution in [0.1, 0.15) is 22.7 Å². The minimum atomic E-state index is -2.52. The Morgan fingerprint density at radius 1 is 1.43 bits per heavy atom. The van der Waals surface area contributed by atoms with Crippen LogP contribution in [0.15, 0.2) is 16.5 Å². The number of furan rings is 1. The fraction of sp³-hybridized carbons (Fsp3) is 0.500. The summed E-state index contributed by atoms with van der Waals surface area (Å²) >= 11 is 1.86. The van der Waals surface area contributed by atoms with E-state index in [4.69, 9.17) is 9.52 Å². The Labute approximate surface area is 128 Å². The Morgan fingerprint density at radius 3 is 2.71 bits per heavy atom. The highest BCUT2D eigenvalue weighted by molar-refractivity contribution is 7.98. The molecule has 0 fully saturated rings. The van der Waals surface area contributed by atoms with Crippen LogP contribution in [-0.4, -0.2) is 40.8 Å². The molecule has 0 aliphatic heterocycles. The van der Waals surface area contributed by atoms with Crippen LogP contribution in [0.5, 0.6) is 0 Å². The number of rotatable bonds is 9. The van der Waals surface area contributed by atoms with E-state index in [1.807, 2.05) is 6.26 Å². The first-order valence-electron chi connectivity index (χ1n) is 5.95. The number of carbonyl (C=O) groups excluding carboxylic acids is 1. The zero-order valence-electron chi connectivity index (χ0n) is 11.2. The third-order valence-electron chi connectivity index (χ3n) is 2.45. The molecule has 1 heterocycles. The van der Waals surface area contributed by atoms with Gasteiger partial charge in [0.25, 0.3) is 11.7 Å². The van der Waals surface area contributed by atoms with Gasteiger partial charge in [-0.05, 0) is 30.6 Å². The topological polar surface area (TPSA) is 79.5 Å². The molecular weight excluding hydrogens is 324 g/mol. The summed E-state index contributed by atoms with van der Waals surface area (Å²) in [6.07, 6.45) is 2.12. The lowest BCUT2D eigenvalue weighted by atomic mass is 10.2. The summed E-state index contributed by atoms with van der Waals surface area (Å²) < 4.78 is 29.2. The Morgan fingerprint density at radius 2 is 2.14 bits per heavy atom. The Kier molecular flexibility index (Phi) is 7.58. The van der Waals surface area contributed by atoms with E-state index < -0.39 is 23.7 Å². The van der Waals surface area contributed by atoms with Gasteiger partial charge < -0.3 is 14.8 Å². The smallest absolute Gasteiger partial charge is 0.326 e. The molecule has 21 heavy (non-hydrogen) atoms. The number of carboxylic acids is 1. The lowest BCUT2D eigenvalue weighted by Crippen LogP contribution is -2.41. The summed E-state index contributed by atoms with van der Waals surface area (Å²) in [5, 5.41) is 11.4. The minimum absolute atomic E-state index is 0.0558. The van der Waals surface area contributed by atoms with Crippen molar-refractivity contribution in [3.8, 4) is 0 Å². The quantitative estimate of drug-likeness (QED) is 0.720. The molecule has 0 spiro atoms. The second-order valence-electron chi connectivity index (χ2n) is 3.98. The second kappa shape index (κ2) is 8.93. The number of alkyl halides is 2. The molecular formula is C12H15F2NO4S2. The summed E-state index contributed by atoms with van der Waals surface area (Å²) in [7, 11) is 0. The molecule has 0 radical (unpaired) electrons.